The van der Waals surface area contributed by atoms with Crippen molar-refractivity contribution in [3.8, 4) is 0 Å². The smallest absolute Gasteiger partial charge is 0.0153 e. The van der Waals surface area contributed by atoms with Gasteiger partial charge in [0, 0.05) is 0 Å². The van der Waals surface area contributed by atoms with Gasteiger partial charge in [-0.3, -0.25) is 0 Å². The van der Waals surface area contributed by atoms with Crippen molar-refractivity contribution >= 4 is 11.1 Å². The third kappa shape index (κ3) is 2.23. The molecule has 2 aromatic rings. The minimum absolute atomic E-state index is 0.637. The Bertz CT molecular complexity index is 578. The summed E-state index contributed by atoms with van der Waals surface area (Å²) >= 11 is 0. The molecule has 0 radical (unpaired) electrons. The summed E-state index contributed by atoms with van der Waals surface area (Å²) in [6.45, 7) is 4.73. The van der Waals surface area contributed by atoms with Crippen LogP contribution in [-0.2, 0) is 0 Å². The van der Waals surface area contributed by atoms with Gasteiger partial charge in [-0.2, -0.15) is 0 Å². The predicted octanol–water partition coefficient (Wildman–Crippen LogP) is 5.27. The zero-order valence-electron chi connectivity index (χ0n) is 11.6. The number of hydrogen-bond acceptors (Lipinski definition) is 0. The lowest BCUT2D eigenvalue weighted by Gasteiger charge is -2.14. The quantitative estimate of drug-likeness (QED) is 0.679. The summed E-state index contributed by atoms with van der Waals surface area (Å²) in [6.07, 6.45) is 1.19. The van der Waals surface area contributed by atoms with Crippen LogP contribution in [0.1, 0.15) is 31.4 Å². The molecule has 1 aliphatic rings. The van der Waals surface area contributed by atoms with Crippen molar-refractivity contribution in [1.29, 1.82) is 0 Å². The molecule has 0 bridgehead atoms. The van der Waals surface area contributed by atoms with Crippen LogP contribution < -0.4 is 0 Å². The summed E-state index contributed by atoms with van der Waals surface area (Å²) in [5, 5.41) is 0. The second kappa shape index (κ2) is 5.05. The van der Waals surface area contributed by atoms with Crippen molar-refractivity contribution in [2.45, 2.75) is 20.3 Å². The van der Waals surface area contributed by atoms with Gasteiger partial charge < -0.3 is 0 Å². The Morgan fingerprint density at radius 2 is 1.26 bits per heavy atom. The Morgan fingerprint density at radius 1 is 0.737 bits per heavy atom. The maximum Gasteiger partial charge on any atom is -0.0153 e. The molecule has 0 heterocycles. The highest BCUT2D eigenvalue weighted by Gasteiger charge is 2.29. The van der Waals surface area contributed by atoms with Crippen LogP contribution in [0.3, 0.4) is 0 Å². The van der Waals surface area contributed by atoms with Gasteiger partial charge in [-0.25, -0.2) is 0 Å². The normalized spacial score (nSPS) is 22.8. The topological polar surface area (TPSA) is 0 Å². The van der Waals surface area contributed by atoms with Crippen LogP contribution in [0.4, 0.5) is 0 Å². The van der Waals surface area contributed by atoms with Crippen molar-refractivity contribution in [2.75, 3.05) is 0 Å². The van der Waals surface area contributed by atoms with Gasteiger partial charge in [-0.15, -0.1) is 0 Å². The first kappa shape index (κ1) is 12.2. The standard InChI is InChI=1S/C19H20/c1-14-13-18(16-9-5-3-6-10-16)19(15(14)2)17-11-7-4-8-12-17/h3-12,14-15H,13H2,1-2H3/t14-,15-/m0/s1. The van der Waals surface area contributed by atoms with Gasteiger partial charge in [0.05, 0.1) is 0 Å². The third-order valence-corrected chi connectivity index (χ3v) is 4.37. The van der Waals surface area contributed by atoms with E-state index in [1.54, 1.807) is 5.57 Å². The maximum atomic E-state index is 2.36. The van der Waals surface area contributed by atoms with Crippen LogP contribution in [0.25, 0.3) is 11.1 Å². The predicted molar refractivity (Wildman–Crippen MR) is 82.6 cm³/mol. The fourth-order valence-corrected chi connectivity index (χ4v) is 3.14. The summed E-state index contributed by atoms with van der Waals surface area (Å²) in [5.74, 6) is 1.36. The lowest BCUT2D eigenvalue weighted by atomic mass is 9.90. The first-order valence-corrected chi connectivity index (χ1v) is 7.11. The Morgan fingerprint density at radius 3 is 1.84 bits per heavy atom. The van der Waals surface area contributed by atoms with Crippen LogP contribution in [0, 0.1) is 11.8 Å². The largest absolute Gasteiger partial charge is 0.0622 e. The van der Waals surface area contributed by atoms with Crippen molar-refractivity contribution in [2.24, 2.45) is 11.8 Å². The van der Waals surface area contributed by atoms with Gasteiger partial charge in [0.15, 0.2) is 0 Å². The molecule has 0 aromatic heterocycles. The molecule has 0 unspecified atom stereocenters. The molecular weight excluding hydrogens is 228 g/mol. The molecule has 2 aromatic carbocycles. The molecule has 0 amide bonds. The maximum absolute atomic E-state index is 2.36. The zero-order valence-corrected chi connectivity index (χ0v) is 11.6. The van der Waals surface area contributed by atoms with E-state index in [0.29, 0.717) is 5.92 Å². The Hall–Kier alpha value is -1.82. The van der Waals surface area contributed by atoms with Crippen LogP contribution in [0.5, 0.6) is 0 Å². The van der Waals surface area contributed by atoms with E-state index in [1.807, 2.05) is 0 Å². The summed E-state index contributed by atoms with van der Waals surface area (Å²) in [4.78, 5) is 0. The van der Waals surface area contributed by atoms with E-state index in [4.69, 9.17) is 0 Å². The number of benzene rings is 2. The molecule has 0 aliphatic heterocycles. The number of rotatable bonds is 2. The minimum atomic E-state index is 0.637. The van der Waals surface area contributed by atoms with Gasteiger partial charge in [-0.05, 0) is 40.5 Å². The third-order valence-electron chi connectivity index (χ3n) is 4.37. The van der Waals surface area contributed by atoms with Gasteiger partial charge in [0.1, 0.15) is 0 Å². The molecule has 0 N–H and O–H groups in total. The highest BCUT2D eigenvalue weighted by Crippen LogP contribution is 2.46. The Balaban J connectivity index is 2.14. The molecular formula is C19H20. The highest BCUT2D eigenvalue weighted by molar-refractivity contribution is 5.94. The van der Waals surface area contributed by atoms with Gasteiger partial charge in [0.2, 0.25) is 0 Å². The molecule has 0 nitrogen and oxygen atoms in total. The molecule has 0 heteroatoms. The SMILES string of the molecule is C[C@@H]1C(c2ccccc2)=C(c2ccccc2)C[C@@H]1C. The monoisotopic (exact) mass is 248 g/mol. The molecule has 1 aliphatic carbocycles. The summed E-state index contributed by atoms with van der Waals surface area (Å²) < 4.78 is 0. The van der Waals surface area contributed by atoms with Gasteiger partial charge in [-0.1, -0.05) is 74.5 Å². The van der Waals surface area contributed by atoms with Crippen LogP contribution in [0.2, 0.25) is 0 Å². The van der Waals surface area contributed by atoms with E-state index in [1.165, 1.54) is 23.1 Å². The van der Waals surface area contributed by atoms with Gasteiger partial charge in [0.25, 0.3) is 0 Å². The molecule has 0 saturated carbocycles. The van der Waals surface area contributed by atoms with E-state index < -0.39 is 0 Å². The summed E-state index contributed by atoms with van der Waals surface area (Å²) in [6, 6.07) is 21.7. The average Bonchev–Trinajstić information content (AvgIpc) is 2.77. The molecule has 0 spiro atoms. The second-order valence-electron chi connectivity index (χ2n) is 5.59. The van der Waals surface area contributed by atoms with Crippen LogP contribution >= 0.6 is 0 Å². The van der Waals surface area contributed by atoms with Crippen molar-refractivity contribution in [3.05, 3.63) is 71.8 Å². The van der Waals surface area contributed by atoms with Crippen molar-refractivity contribution in [1.82, 2.24) is 0 Å². The minimum Gasteiger partial charge on any atom is -0.0622 e. The van der Waals surface area contributed by atoms with Gasteiger partial charge >= 0.3 is 0 Å². The van der Waals surface area contributed by atoms with E-state index in [2.05, 4.69) is 74.5 Å². The second-order valence-corrected chi connectivity index (χ2v) is 5.59. The fraction of sp³-hybridized carbons (Fsp3) is 0.263. The molecule has 0 saturated heterocycles. The van der Waals surface area contributed by atoms with Crippen molar-refractivity contribution in [3.63, 3.8) is 0 Å². The van der Waals surface area contributed by atoms with E-state index in [-0.39, 0.29) is 0 Å². The summed E-state index contributed by atoms with van der Waals surface area (Å²) in [7, 11) is 0. The highest BCUT2D eigenvalue weighted by atomic mass is 14.3. The molecule has 0 fully saturated rings. The lowest BCUT2D eigenvalue weighted by Crippen LogP contribution is -2.02. The van der Waals surface area contributed by atoms with Crippen LogP contribution in [-0.4, -0.2) is 0 Å². The Labute approximate surface area is 115 Å². The van der Waals surface area contributed by atoms with Crippen molar-refractivity contribution < 1.29 is 0 Å². The molecule has 19 heavy (non-hydrogen) atoms. The molecule has 2 atom stereocenters. The first-order valence-electron chi connectivity index (χ1n) is 7.11. The molecule has 96 valence electrons. The van der Waals surface area contributed by atoms with E-state index >= 15 is 0 Å². The van der Waals surface area contributed by atoms with E-state index in [0.717, 1.165) is 5.92 Å². The number of allylic oxidation sites excluding steroid dienone is 2. The Kier molecular flexibility index (Phi) is 3.25. The summed E-state index contributed by atoms with van der Waals surface area (Å²) in [5.41, 5.74) is 5.85. The molecule has 3 rings (SSSR count). The zero-order chi connectivity index (χ0) is 13.2. The van der Waals surface area contributed by atoms with Crippen LogP contribution in [0.15, 0.2) is 60.7 Å². The average molecular weight is 248 g/mol. The first-order chi connectivity index (χ1) is 9.27. The number of hydrogen-bond donors (Lipinski definition) is 0. The fourth-order valence-electron chi connectivity index (χ4n) is 3.14. The van der Waals surface area contributed by atoms with E-state index in [9.17, 15) is 0 Å². The lowest BCUT2D eigenvalue weighted by molar-refractivity contribution is 0.509.